The first-order valence-electron chi connectivity index (χ1n) is 7.61. The van der Waals surface area contributed by atoms with Gasteiger partial charge < -0.3 is 14.6 Å². The van der Waals surface area contributed by atoms with Gasteiger partial charge in [-0.05, 0) is 52.7 Å². The van der Waals surface area contributed by atoms with Crippen LogP contribution in [0.4, 0.5) is 0 Å². The van der Waals surface area contributed by atoms with E-state index >= 15 is 0 Å². The van der Waals surface area contributed by atoms with Gasteiger partial charge in [-0.2, -0.15) is 0 Å². The third-order valence-corrected chi connectivity index (χ3v) is 4.53. The molecule has 0 amide bonds. The summed E-state index contributed by atoms with van der Waals surface area (Å²) in [7, 11) is 1.58. The molecular formula is C19H17BrO4. The van der Waals surface area contributed by atoms with E-state index in [-0.39, 0.29) is 11.5 Å². The van der Waals surface area contributed by atoms with Gasteiger partial charge in [0.25, 0.3) is 0 Å². The summed E-state index contributed by atoms with van der Waals surface area (Å²) in [6.45, 7) is 2.44. The summed E-state index contributed by atoms with van der Waals surface area (Å²) in [4.78, 5) is 12.5. The molecule has 2 aromatic carbocycles. The van der Waals surface area contributed by atoms with Crippen molar-refractivity contribution in [2.45, 2.75) is 13.3 Å². The molecule has 0 saturated heterocycles. The van der Waals surface area contributed by atoms with E-state index in [0.29, 0.717) is 41.2 Å². The summed E-state index contributed by atoms with van der Waals surface area (Å²) >= 11 is 3.49. The maximum atomic E-state index is 12.5. The first-order valence-corrected chi connectivity index (χ1v) is 8.41. The highest BCUT2D eigenvalue weighted by molar-refractivity contribution is 9.10. The number of hydrogen-bond donors (Lipinski definition) is 1. The lowest BCUT2D eigenvalue weighted by atomic mass is 10.1. The van der Waals surface area contributed by atoms with E-state index in [1.54, 1.807) is 25.3 Å². The largest absolute Gasteiger partial charge is 0.508 e. The number of allylic oxidation sites excluding steroid dienone is 1. The lowest BCUT2D eigenvalue weighted by molar-refractivity contribution is 0.104. The lowest BCUT2D eigenvalue weighted by Crippen LogP contribution is -1.98. The van der Waals surface area contributed by atoms with Crippen LogP contribution in [0, 0.1) is 0 Å². The highest BCUT2D eigenvalue weighted by Gasteiger charge is 2.27. The Kier molecular flexibility index (Phi) is 4.62. The molecule has 124 valence electrons. The molecule has 24 heavy (non-hydrogen) atoms. The zero-order chi connectivity index (χ0) is 17.3. The molecule has 1 aliphatic rings. The van der Waals surface area contributed by atoms with E-state index < -0.39 is 0 Å². The monoisotopic (exact) mass is 388 g/mol. The van der Waals surface area contributed by atoms with Crippen molar-refractivity contribution in [1.82, 2.24) is 0 Å². The highest BCUT2D eigenvalue weighted by atomic mass is 79.9. The number of phenols is 1. The zero-order valence-electron chi connectivity index (χ0n) is 13.4. The topological polar surface area (TPSA) is 55.8 Å². The Balaban J connectivity index is 2.00. The number of rotatable bonds is 4. The number of ether oxygens (including phenoxy) is 2. The summed E-state index contributed by atoms with van der Waals surface area (Å²) in [6, 6.07) is 8.75. The van der Waals surface area contributed by atoms with E-state index in [1.165, 1.54) is 0 Å². The molecule has 0 aliphatic heterocycles. The Morgan fingerprint density at radius 2 is 2.12 bits per heavy atom. The first-order chi connectivity index (χ1) is 11.5. The Morgan fingerprint density at radius 1 is 1.33 bits per heavy atom. The summed E-state index contributed by atoms with van der Waals surface area (Å²) in [5.41, 5.74) is 2.73. The number of fused-ring (bicyclic) bond motifs is 1. The van der Waals surface area contributed by atoms with Gasteiger partial charge >= 0.3 is 0 Å². The van der Waals surface area contributed by atoms with Gasteiger partial charge in [0.05, 0.1) is 18.2 Å². The van der Waals surface area contributed by atoms with Gasteiger partial charge in [-0.1, -0.05) is 12.1 Å². The van der Waals surface area contributed by atoms with Crippen molar-refractivity contribution in [1.29, 1.82) is 0 Å². The first kappa shape index (κ1) is 16.6. The van der Waals surface area contributed by atoms with Crippen molar-refractivity contribution in [3.05, 3.63) is 57.1 Å². The number of carbonyl (C=O) groups excluding carboxylic acids is 1. The Hall–Kier alpha value is -2.27. The predicted molar refractivity (Wildman–Crippen MR) is 96.0 cm³/mol. The van der Waals surface area contributed by atoms with Crippen LogP contribution in [0.15, 0.2) is 40.4 Å². The number of benzene rings is 2. The van der Waals surface area contributed by atoms with Crippen LogP contribution in [0.5, 0.6) is 17.2 Å². The average Bonchev–Trinajstić information content (AvgIpc) is 2.88. The Morgan fingerprint density at radius 3 is 2.79 bits per heavy atom. The van der Waals surface area contributed by atoms with Crippen LogP contribution in [-0.4, -0.2) is 24.6 Å². The summed E-state index contributed by atoms with van der Waals surface area (Å²) in [6.07, 6.45) is 2.25. The van der Waals surface area contributed by atoms with E-state index in [4.69, 9.17) is 9.47 Å². The number of carbonyl (C=O) groups is 1. The summed E-state index contributed by atoms with van der Waals surface area (Å²) < 4.78 is 11.7. The van der Waals surface area contributed by atoms with Crippen LogP contribution in [0.2, 0.25) is 0 Å². The minimum Gasteiger partial charge on any atom is -0.508 e. The molecule has 0 atom stereocenters. The minimum atomic E-state index is -0.0510. The molecule has 0 radical (unpaired) electrons. The molecule has 3 rings (SSSR count). The fourth-order valence-corrected chi connectivity index (χ4v) is 3.42. The highest BCUT2D eigenvalue weighted by Crippen LogP contribution is 2.38. The molecular weight excluding hydrogens is 372 g/mol. The second-order valence-corrected chi connectivity index (χ2v) is 6.30. The van der Waals surface area contributed by atoms with Crippen LogP contribution in [0.1, 0.15) is 28.4 Å². The number of Topliss-reactive ketones (excluding diaryl/α,β-unsaturated/α-hetero) is 1. The predicted octanol–water partition coefficient (Wildman–Crippen LogP) is 4.38. The minimum absolute atomic E-state index is 0.0510. The van der Waals surface area contributed by atoms with Crippen molar-refractivity contribution in [3.8, 4) is 17.2 Å². The number of halogens is 1. The van der Waals surface area contributed by atoms with Gasteiger partial charge in [-0.3, -0.25) is 4.79 Å². The Labute approximate surface area is 148 Å². The Bertz CT molecular complexity index is 840. The van der Waals surface area contributed by atoms with Crippen molar-refractivity contribution >= 4 is 27.8 Å². The van der Waals surface area contributed by atoms with Crippen molar-refractivity contribution in [3.63, 3.8) is 0 Å². The summed E-state index contributed by atoms with van der Waals surface area (Å²) in [5, 5.41) is 9.93. The van der Waals surface area contributed by atoms with Gasteiger partial charge in [-0.25, -0.2) is 0 Å². The van der Waals surface area contributed by atoms with Crippen LogP contribution in [0.3, 0.4) is 0 Å². The van der Waals surface area contributed by atoms with E-state index in [0.717, 1.165) is 10.0 Å². The van der Waals surface area contributed by atoms with Crippen LogP contribution in [0.25, 0.3) is 6.08 Å². The molecule has 0 aromatic heterocycles. The molecule has 0 spiro atoms. The zero-order valence-corrected chi connectivity index (χ0v) is 15.0. The van der Waals surface area contributed by atoms with E-state index in [2.05, 4.69) is 15.9 Å². The molecule has 1 aliphatic carbocycles. The molecule has 0 saturated carbocycles. The van der Waals surface area contributed by atoms with Gasteiger partial charge in [0.15, 0.2) is 17.3 Å². The summed E-state index contributed by atoms with van der Waals surface area (Å²) in [5.74, 6) is 1.35. The third-order valence-electron chi connectivity index (χ3n) is 3.94. The van der Waals surface area contributed by atoms with Gasteiger partial charge in [0.1, 0.15) is 5.75 Å². The van der Waals surface area contributed by atoms with Gasteiger partial charge in [0, 0.05) is 23.1 Å². The maximum absolute atomic E-state index is 12.5. The van der Waals surface area contributed by atoms with E-state index in [9.17, 15) is 9.90 Å². The number of methoxy groups -OCH3 is 1. The fraction of sp³-hybridized carbons (Fsp3) is 0.211. The number of phenolic OH excluding ortho intramolecular Hbond substituents is 1. The SMILES string of the molecule is CCOc1c(Br)cc(/C=C2\Cc3c(O)cccc3C2=O)cc1OC. The van der Waals surface area contributed by atoms with E-state index in [1.807, 2.05) is 25.1 Å². The van der Waals surface area contributed by atoms with Crippen molar-refractivity contribution < 1.29 is 19.4 Å². The smallest absolute Gasteiger partial charge is 0.189 e. The number of aromatic hydroxyl groups is 1. The molecule has 4 nitrogen and oxygen atoms in total. The normalized spacial score (nSPS) is 14.8. The maximum Gasteiger partial charge on any atom is 0.189 e. The lowest BCUT2D eigenvalue weighted by Gasteiger charge is -2.12. The van der Waals surface area contributed by atoms with Crippen molar-refractivity contribution in [2.24, 2.45) is 0 Å². The van der Waals surface area contributed by atoms with Crippen LogP contribution >= 0.6 is 15.9 Å². The molecule has 0 fully saturated rings. The molecule has 0 unspecified atom stereocenters. The van der Waals surface area contributed by atoms with Gasteiger partial charge in [0.2, 0.25) is 0 Å². The molecule has 5 heteroatoms. The second-order valence-electron chi connectivity index (χ2n) is 5.45. The standard InChI is InChI=1S/C19H17BrO4/c1-3-24-19-15(20)8-11(9-17(19)23-2)7-12-10-14-13(18(12)22)5-4-6-16(14)21/h4-9,21H,3,10H2,1-2H3/b12-7+. The average molecular weight is 389 g/mol. The molecule has 0 heterocycles. The van der Waals surface area contributed by atoms with Crippen LogP contribution < -0.4 is 9.47 Å². The fourth-order valence-electron chi connectivity index (χ4n) is 2.84. The van der Waals surface area contributed by atoms with Crippen molar-refractivity contribution in [2.75, 3.05) is 13.7 Å². The van der Waals surface area contributed by atoms with Crippen LogP contribution in [-0.2, 0) is 6.42 Å². The molecule has 2 aromatic rings. The number of hydrogen-bond acceptors (Lipinski definition) is 4. The quantitative estimate of drug-likeness (QED) is 0.789. The molecule has 0 bridgehead atoms. The molecule has 1 N–H and O–H groups in total. The second kappa shape index (κ2) is 6.69. The number of ketones is 1. The van der Waals surface area contributed by atoms with Gasteiger partial charge in [-0.15, -0.1) is 0 Å². The third kappa shape index (κ3) is 2.91.